The highest BCUT2D eigenvalue weighted by Gasteiger charge is 2.53. The van der Waals surface area contributed by atoms with Crippen molar-refractivity contribution in [1.29, 1.82) is 0 Å². The predicted molar refractivity (Wildman–Crippen MR) is 268 cm³/mol. The van der Waals surface area contributed by atoms with E-state index in [1.165, 1.54) is 44.9 Å². The van der Waals surface area contributed by atoms with Crippen molar-refractivity contribution in [3.8, 4) is 0 Å². The first-order valence-electron chi connectivity index (χ1n) is 26.9. The maximum absolute atomic E-state index is 13.2. The fraction of sp³-hybridized carbons (Fsp3) is 0.830. The molecule has 1 amide bonds. The molecule has 72 heavy (non-hydrogen) atoms. The van der Waals surface area contributed by atoms with Crippen molar-refractivity contribution in [3.63, 3.8) is 0 Å². The molecule has 3 aliphatic heterocycles. The Labute approximate surface area is 427 Å². The zero-order chi connectivity index (χ0) is 52.7. The second-order valence-corrected chi connectivity index (χ2v) is 19.3. The number of allylic oxidation sites excluding steroid dienone is 7. The van der Waals surface area contributed by atoms with Crippen LogP contribution >= 0.6 is 0 Å². The number of amides is 1. The highest BCUT2D eigenvalue weighted by molar-refractivity contribution is 5.76. The maximum Gasteiger partial charge on any atom is 0.220 e. The van der Waals surface area contributed by atoms with Crippen LogP contribution in [0.15, 0.2) is 48.6 Å². The summed E-state index contributed by atoms with van der Waals surface area (Å²) in [6.45, 7) is 1.56. The second kappa shape index (κ2) is 37.5. The molecule has 19 heteroatoms. The lowest BCUT2D eigenvalue weighted by molar-refractivity contribution is -0.379. The van der Waals surface area contributed by atoms with Crippen LogP contribution in [0.2, 0.25) is 0 Å². The molecule has 17 unspecified atom stereocenters. The van der Waals surface area contributed by atoms with Crippen LogP contribution in [0.5, 0.6) is 0 Å². The van der Waals surface area contributed by atoms with Crippen LogP contribution in [0.25, 0.3) is 0 Å². The Hall–Kier alpha value is -2.25. The van der Waals surface area contributed by atoms with Crippen molar-refractivity contribution >= 4 is 5.91 Å². The molecule has 0 spiro atoms. The number of hydrogen-bond donors (Lipinski definition) is 12. The van der Waals surface area contributed by atoms with E-state index in [-0.39, 0.29) is 18.9 Å². The molecular formula is C53H93NO18. The first kappa shape index (κ1) is 64.0. The molecule has 19 nitrogen and oxygen atoms in total. The van der Waals surface area contributed by atoms with Gasteiger partial charge < -0.3 is 89.9 Å². The topological polar surface area (TPSA) is 307 Å². The Morgan fingerprint density at radius 3 is 1.44 bits per heavy atom. The molecule has 418 valence electrons. The third-order valence-corrected chi connectivity index (χ3v) is 13.3. The third kappa shape index (κ3) is 22.5. The zero-order valence-electron chi connectivity index (χ0n) is 42.9. The molecule has 3 saturated heterocycles. The van der Waals surface area contributed by atoms with Gasteiger partial charge in [0.1, 0.15) is 73.2 Å². The second-order valence-electron chi connectivity index (χ2n) is 19.3. The Morgan fingerprint density at radius 2 is 0.917 bits per heavy atom. The van der Waals surface area contributed by atoms with Crippen LogP contribution in [-0.2, 0) is 33.2 Å². The third-order valence-electron chi connectivity index (χ3n) is 13.3. The van der Waals surface area contributed by atoms with Gasteiger partial charge in [-0.05, 0) is 64.2 Å². The molecule has 0 aromatic heterocycles. The number of aliphatic hydroxyl groups is 11. The van der Waals surface area contributed by atoms with Gasteiger partial charge in [0, 0.05) is 6.42 Å². The maximum atomic E-state index is 13.2. The first-order valence-corrected chi connectivity index (χ1v) is 26.9. The van der Waals surface area contributed by atoms with Crippen LogP contribution in [0, 0.1) is 0 Å². The number of ether oxygens (including phenoxy) is 6. The summed E-state index contributed by atoms with van der Waals surface area (Å²) in [6.07, 6.45) is 11.2. The largest absolute Gasteiger partial charge is 0.394 e. The Morgan fingerprint density at radius 1 is 0.486 bits per heavy atom. The van der Waals surface area contributed by atoms with Gasteiger partial charge in [0.15, 0.2) is 18.9 Å². The lowest BCUT2D eigenvalue weighted by atomic mass is 9.96. The summed E-state index contributed by atoms with van der Waals surface area (Å²) in [5.74, 6) is -0.303. The quantitative estimate of drug-likeness (QED) is 0.0315. The summed E-state index contributed by atoms with van der Waals surface area (Å²) in [4.78, 5) is 13.2. The minimum Gasteiger partial charge on any atom is -0.394 e. The number of rotatable bonds is 37. The molecule has 3 rings (SSSR count). The monoisotopic (exact) mass is 1030 g/mol. The van der Waals surface area contributed by atoms with E-state index in [0.717, 1.165) is 70.6 Å². The molecule has 12 N–H and O–H groups in total. The fourth-order valence-electron chi connectivity index (χ4n) is 8.81. The molecule has 3 aliphatic rings. The molecular weight excluding hydrogens is 939 g/mol. The molecule has 0 aromatic rings. The number of unbranched alkanes of at least 4 members (excludes halogenated alkanes) is 15. The van der Waals surface area contributed by atoms with Crippen molar-refractivity contribution in [2.75, 3.05) is 26.4 Å². The van der Waals surface area contributed by atoms with Crippen LogP contribution in [0.1, 0.15) is 149 Å². The van der Waals surface area contributed by atoms with Gasteiger partial charge in [-0.25, -0.2) is 0 Å². The van der Waals surface area contributed by atoms with Gasteiger partial charge in [0.2, 0.25) is 5.91 Å². The Balaban J connectivity index is 1.55. The normalized spacial score (nSPS) is 32.4. The van der Waals surface area contributed by atoms with Crippen LogP contribution < -0.4 is 5.32 Å². The average molecular weight is 1030 g/mol. The van der Waals surface area contributed by atoms with Gasteiger partial charge >= 0.3 is 0 Å². The highest BCUT2D eigenvalue weighted by Crippen LogP contribution is 2.33. The molecule has 0 saturated carbocycles. The van der Waals surface area contributed by atoms with Gasteiger partial charge in [-0.1, -0.05) is 127 Å². The van der Waals surface area contributed by atoms with E-state index in [9.17, 15) is 61.0 Å². The molecule has 3 fully saturated rings. The van der Waals surface area contributed by atoms with Crippen LogP contribution in [0.3, 0.4) is 0 Å². The van der Waals surface area contributed by atoms with Gasteiger partial charge in [-0.2, -0.15) is 0 Å². The van der Waals surface area contributed by atoms with E-state index in [1.54, 1.807) is 6.08 Å². The average Bonchev–Trinajstić information content (AvgIpc) is 3.37. The molecule has 0 aromatic carbocycles. The molecule has 0 bridgehead atoms. The first-order chi connectivity index (χ1) is 34.8. The van der Waals surface area contributed by atoms with E-state index in [4.69, 9.17) is 28.4 Å². The molecule has 3 heterocycles. The number of carbonyl (C=O) groups excluding carboxylic acids is 1. The lowest BCUT2D eigenvalue weighted by Gasteiger charge is -2.48. The Kier molecular flexibility index (Phi) is 33.3. The SMILES string of the molecule is CCC/C=C/CC/C=C/CC/C=C/C(O)C(COC1OC(CO)C(OC2OC(CO)C(OC3OC(CO)C(O)C(O)C3O)C(O)C2O)C(O)C1O)NC(=O)CCCCCCC/C=C\CCCCCCCCC. The van der Waals surface area contributed by atoms with Crippen LogP contribution in [0.4, 0.5) is 0 Å². The Bertz CT molecular complexity index is 1520. The molecule has 0 radical (unpaired) electrons. The number of nitrogens with one attached hydrogen (secondary N) is 1. The van der Waals surface area contributed by atoms with Gasteiger partial charge in [-0.15, -0.1) is 0 Å². The van der Waals surface area contributed by atoms with Crippen molar-refractivity contribution in [2.24, 2.45) is 0 Å². The number of hydrogen-bond acceptors (Lipinski definition) is 18. The lowest BCUT2D eigenvalue weighted by Crippen LogP contribution is -2.66. The fourth-order valence-corrected chi connectivity index (χ4v) is 8.81. The zero-order valence-corrected chi connectivity index (χ0v) is 42.9. The summed E-state index contributed by atoms with van der Waals surface area (Å²) in [5, 5.41) is 120. The predicted octanol–water partition coefficient (Wildman–Crippen LogP) is 2.75. The van der Waals surface area contributed by atoms with Gasteiger partial charge in [0.05, 0.1) is 38.6 Å². The minimum absolute atomic E-state index is 0.220. The van der Waals surface area contributed by atoms with Crippen molar-refractivity contribution in [2.45, 2.75) is 253 Å². The van der Waals surface area contributed by atoms with Crippen molar-refractivity contribution in [3.05, 3.63) is 48.6 Å². The van der Waals surface area contributed by atoms with E-state index >= 15 is 0 Å². The smallest absolute Gasteiger partial charge is 0.220 e. The van der Waals surface area contributed by atoms with Crippen molar-refractivity contribution in [1.82, 2.24) is 5.32 Å². The van der Waals surface area contributed by atoms with Crippen LogP contribution in [-0.4, -0.2) is 193 Å². The van der Waals surface area contributed by atoms with Gasteiger partial charge in [0.25, 0.3) is 0 Å². The number of carbonyl (C=O) groups is 1. The minimum atomic E-state index is -1.98. The van der Waals surface area contributed by atoms with Gasteiger partial charge in [-0.3, -0.25) is 4.79 Å². The summed E-state index contributed by atoms with van der Waals surface area (Å²) in [5.41, 5.74) is 0. The summed E-state index contributed by atoms with van der Waals surface area (Å²) < 4.78 is 34.1. The molecule has 17 atom stereocenters. The van der Waals surface area contributed by atoms with E-state index in [2.05, 4.69) is 55.6 Å². The summed E-state index contributed by atoms with van der Waals surface area (Å²) >= 11 is 0. The van der Waals surface area contributed by atoms with E-state index in [0.29, 0.717) is 12.8 Å². The highest BCUT2D eigenvalue weighted by atomic mass is 16.8. The van der Waals surface area contributed by atoms with Crippen molar-refractivity contribution < 1.29 is 89.4 Å². The number of aliphatic hydroxyl groups excluding tert-OH is 11. The summed E-state index contributed by atoms with van der Waals surface area (Å²) in [7, 11) is 0. The van der Waals surface area contributed by atoms with E-state index in [1.807, 2.05) is 6.08 Å². The molecule has 0 aliphatic carbocycles. The summed E-state index contributed by atoms with van der Waals surface area (Å²) in [6, 6.07) is -0.998. The van der Waals surface area contributed by atoms with E-state index < -0.39 is 124 Å². The standard InChI is InChI=1S/C53H93NO18/c1-3-5-7-9-11-13-15-16-17-18-19-21-23-25-27-29-31-41(59)54-36(37(58)30-28-26-24-22-20-14-12-10-8-6-4-2)35-67-51-47(65)44(62)49(39(33-56)69-51)72-53-48(66)45(63)50(40(34-57)70-53)71-52-46(64)43(61)42(60)38(32-55)68-52/h8,10,17-18,20,22,28,30,36-40,42-53,55-58,60-66H,3-7,9,11-16,19,21,23-27,29,31-35H2,1-2H3,(H,54,59)/b10-8+,18-17-,22-20+,30-28+.